The molecule has 0 atom stereocenters. The first kappa shape index (κ1) is 13.0. The highest BCUT2D eigenvalue weighted by atomic mass is 35.5. The van der Waals surface area contributed by atoms with Gasteiger partial charge in [0.2, 0.25) is 0 Å². The quantitative estimate of drug-likeness (QED) is 0.611. The molecule has 0 aliphatic rings. The third kappa shape index (κ3) is 2.39. The van der Waals surface area contributed by atoms with Crippen LogP contribution in [-0.4, -0.2) is 4.98 Å². The van der Waals surface area contributed by atoms with Crippen LogP contribution in [0.2, 0.25) is 10.0 Å². The number of nitrogens with zero attached hydrogens (tertiary/aromatic N) is 1. The molecule has 0 bridgehead atoms. The molecule has 0 spiro atoms. The Morgan fingerprint density at radius 2 is 1.94 bits per heavy atom. The summed E-state index contributed by atoms with van der Waals surface area (Å²) in [7, 11) is 0. The number of halogens is 3. The summed E-state index contributed by atoms with van der Waals surface area (Å²) in [5.74, 6) is -0.570. The summed E-state index contributed by atoms with van der Waals surface area (Å²) in [6, 6.07) is 7.65. The van der Waals surface area contributed by atoms with E-state index in [1.807, 2.05) is 6.07 Å². The summed E-state index contributed by atoms with van der Waals surface area (Å²) < 4.78 is 13.7. The number of H-pyrrole nitrogens is 1. The summed E-state index contributed by atoms with van der Waals surface area (Å²) >= 11 is 16.6. The number of aromatic nitrogens is 1. The fourth-order valence-corrected chi connectivity index (χ4v) is 2.16. The highest BCUT2D eigenvalue weighted by Crippen LogP contribution is 2.31. The van der Waals surface area contributed by atoms with E-state index < -0.39 is 5.82 Å². The second kappa shape index (κ2) is 5.07. The van der Waals surface area contributed by atoms with E-state index in [4.69, 9.17) is 40.7 Å². The van der Waals surface area contributed by atoms with Crippen molar-refractivity contribution in [3.8, 4) is 17.3 Å². The fourth-order valence-electron chi connectivity index (χ4n) is 1.45. The molecule has 90 valence electrons. The van der Waals surface area contributed by atoms with Crippen LogP contribution in [0.5, 0.6) is 0 Å². The maximum absolute atomic E-state index is 13.4. The molecule has 0 fully saturated rings. The summed E-state index contributed by atoms with van der Waals surface area (Å²) in [6.45, 7) is 0. The van der Waals surface area contributed by atoms with Crippen molar-refractivity contribution in [2.24, 2.45) is 0 Å². The van der Waals surface area contributed by atoms with E-state index in [9.17, 15) is 4.39 Å². The molecule has 0 amide bonds. The zero-order valence-electron chi connectivity index (χ0n) is 8.80. The van der Waals surface area contributed by atoms with E-state index in [1.165, 1.54) is 12.1 Å². The maximum atomic E-state index is 13.4. The summed E-state index contributed by atoms with van der Waals surface area (Å²) in [4.78, 5) is 2.83. The standard InChI is InChI=1S/C12H5Cl2FN2S/c13-8-4-9(14)10(15)3-7(8)11-2-1-6(5-16)12(18)17-11/h1-4H,(H,17,18). The van der Waals surface area contributed by atoms with E-state index in [0.717, 1.165) is 0 Å². The summed E-state index contributed by atoms with van der Waals surface area (Å²) in [5, 5.41) is 9.03. The highest BCUT2D eigenvalue weighted by Gasteiger charge is 2.10. The minimum atomic E-state index is -0.570. The Labute approximate surface area is 118 Å². The third-order valence-electron chi connectivity index (χ3n) is 2.33. The lowest BCUT2D eigenvalue weighted by atomic mass is 10.1. The monoisotopic (exact) mass is 298 g/mol. The van der Waals surface area contributed by atoms with Gasteiger partial charge in [-0.15, -0.1) is 0 Å². The van der Waals surface area contributed by atoms with Crippen LogP contribution in [0.3, 0.4) is 0 Å². The molecule has 0 radical (unpaired) electrons. The van der Waals surface area contributed by atoms with Gasteiger partial charge in [-0.05, 0) is 24.3 Å². The molecular formula is C12H5Cl2FN2S. The lowest BCUT2D eigenvalue weighted by molar-refractivity contribution is 0.628. The predicted molar refractivity (Wildman–Crippen MR) is 71.8 cm³/mol. The van der Waals surface area contributed by atoms with E-state index in [1.54, 1.807) is 12.1 Å². The van der Waals surface area contributed by atoms with Crippen LogP contribution in [0, 0.1) is 21.8 Å². The van der Waals surface area contributed by atoms with Gasteiger partial charge in [-0.25, -0.2) is 4.39 Å². The molecule has 1 aromatic carbocycles. The van der Waals surface area contributed by atoms with Crippen molar-refractivity contribution in [3.63, 3.8) is 0 Å². The molecule has 6 heteroatoms. The molecule has 18 heavy (non-hydrogen) atoms. The van der Waals surface area contributed by atoms with Crippen LogP contribution in [0.15, 0.2) is 24.3 Å². The second-order valence-corrected chi connectivity index (χ2v) is 4.70. The van der Waals surface area contributed by atoms with Crippen LogP contribution in [-0.2, 0) is 0 Å². The second-order valence-electron chi connectivity index (χ2n) is 3.47. The van der Waals surface area contributed by atoms with E-state index in [2.05, 4.69) is 4.98 Å². The number of nitriles is 1. The number of hydrogen-bond acceptors (Lipinski definition) is 2. The minimum Gasteiger partial charge on any atom is -0.345 e. The van der Waals surface area contributed by atoms with Crippen LogP contribution in [0.25, 0.3) is 11.3 Å². The topological polar surface area (TPSA) is 39.6 Å². The first-order chi connectivity index (χ1) is 8.52. The van der Waals surface area contributed by atoms with Crippen molar-refractivity contribution >= 4 is 35.4 Å². The predicted octanol–water partition coefficient (Wildman–Crippen LogP) is 4.73. The maximum Gasteiger partial charge on any atom is 0.142 e. The molecule has 1 heterocycles. The number of nitrogens with one attached hydrogen (secondary N) is 1. The van der Waals surface area contributed by atoms with Gasteiger partial charge in [0.15, 0.2) is 0 Å². The Morgan fingerprint density at radius 1 is 1.22 bits per heavy atom. The van der Waals surface area contributed by atoms with Crippen molar-refractivity contribution in [2.75, 3.05) is 0 Å². The van der Waals surface area contributed by atoms with Crippen molar-refractivity contribution in [3.05, 3.63) is 50.3 Å². The molecule has 0 aliphatic heterocycles. The average Bonchev–Trinajstić information content (AvgIpc) is 2.33. The normalized spacial score (nSPS) is 10.1. The summed E-state index contributed by atoms with van der Waals surface area (Å²) in [6.07, 6.45) is 0. The number of aromatic amines is 1. The molecule has 0 saturated carbocycles. The molecule has 0 aliphatic carbocycles. The fraction of sp³-hybridized carbons (Fsp3) is 0. The Morgan fingerprint density at radius 3 is 2.56 bits per heavy atom. The molecule has 0 saturated heterocycles. The SMILES string of the molecule is N#Cc1ccc(-c2cc(F)c(Cl)cc2Cl)[nH]c1=S. The van der Waals surface area contributed by atoms with Gasteiger partial charge in [-0.3, -0.25) is 0 Å². The summed E-state index contributed by atoms with van der Waals surface area (Å²) in [5.41, 5.74) is 1.31. The van der Waals surface area contributed by atoms with Crippen LogP contribution < -0.4 is 0 Å². The molecule has 2 nitrogen and oxygen atoms in total. The van der Waals surface area contributed by atoms with Gasteiger partial charge in [-0.1, -0.05) is 35.4 Å². The smallest absolute Gasteiger partial charge is 0.142 e. The van der Waals surface area contributed by atoms with Gasteiger partial charge >= 0.3 is 0 Å². The number of rotatable bonds is 1. The zero-order valence-corrected chi connectivity index (χ0v) is 11.1. The third-order valence-corrected chi connectivity index (χ3v) is 3.25. The van der Waals surface area contributed by atoms with E-state index >= 15 is 0 Å². The molecule has 1 N–H and O–H groups in total. The molecule has 2 rings (SSSR count). The van der Waals surface area contributed by atoms with Crippen molar-refractivity contribution in [1.29, 1.82) is 5.26 Å². The average molecular weight is 299 g/mol. The van der Waals surface area contributed by atoms with Gasteiger partial charge in [0.1, 0.15) is 16.5 Å². The van der Waals surface area contributed by atoms with Crippen LogP contribution in [0.1, 0.15) is 5.56 Å². The lowest BCUT2D eigenvalue weighted by Gasteiger charge is -2.06. The largest absolute Gasteiger partial charge is 0.345 e. The van der Waals surface area contributed by atoms with Crippen LogP contribution in [0.4, 0.5) is 4.39 Å². The first-order valence-corrected chi connectivity index (χ1v) is 5.97. The van der Waals surface area contributed by atoms with Crippen molar-refractivity contribution in [1.82, 2.24) is 4.98 Å². The van der Waals surface area contributed by atoms with E-state index in [-0.39, 0.29) is 9.66 Å². The minimum absolute atomic E-state index is 0.0454. The highest BCUT2D eigenvalue weighted by molar-refractivity contribution is 7.71. The first-order valence-electron chi connectivity index (χ1n) is 4.81. The zero-order chi connectivity index (χ0) is 13.3. The van der Waals surface area contributed by atoms with E-state index in [0.29, 0.717) is 21.8 Å². The number of hydrogen-bond donors (Lipinski definition) is 1. The molecule has 2 aromatic rings. The molecular weight excluding hydrogens is 294 g/mol. The van der Waals surface area contributed by atoms with Gasteiger partial charge in [-0.2, -0.15) is 5.26 Å². The van der Waals surface area contributed by atoms with Gasteiger partial charge in [0.25, 0.3) is 0 Å². The Kier molecular flexibility index (Phi) is 3.67. The molecule has 1 aromatic heterocycles. The van der Waals surface area contributed by atoms with Gasteiger partial charge in [0.05, 0.1) is 15.6 Å². The van der Waals surface area contributed by atoms with Crippen molar-refractivity contribution in [2.45, 2.75) is 0 Å². The Hall–Kier alpha value is -1.41. The van der Waals surface area contributed by atoms with Crippen LogP contribution >= 0.6 is 35.4 Å². The number of benzene rings is 1. The molecule has 0 unspecified atom stereocenters. The van der Waals surface area contributed by atoms with Gasteiger partial charge in [0, 0.05) is 11.3 Å². The number of pyridine rings is 1. The Bertz CT molecular complexity index is 719. The lowest BCUT2D eigenvalue weighted by Crippen LogP contribution is -1.90. The van der Waals surface area contributed by atoms with Gasteiger partial charge < -0.3 is 4.98 Å². The van der Waals surface area contributed by atoms with Crippen molar-refractivity contribution < 1.29 is 4.39 Å². The Balaban J connectivity index is 2.63.